The first-order valence-corrected chi connectivity index (χ1v) is 8.08. The maximum absolute atomic E-state index is 6.14. The van der Waals surface area contributed by atoms with Gasteiger partial charge >= 0.3 is 0 Å². The third-order valence-electron chi connectivity index (χ3n) is 3.69. The van der Waals surface area contributed by atoms with Crippen LogP contribution in [0.1, 0.15) is 11.1 Å². The number of hydrogen-bond acceptors (Lipinski definition) is 6. The van der Waals surface area contributed by atoms with Crippen molar-refractivity contribution in [3.05, 3.63) is 58.7 Å². The Balaban J connectivity index is 1.85. The van der Waals surface area contributed by atoms with Gasteiger partial charge in [-0.3, -0.25) is 0 Å². The minimum atomic E-state index is 0.406. The highest BCUT2D eigenvalue weighted by molar-refractivity contribution is 6.31. The normalized spacial score (nSPS) is 10.4. The van der Waals surface area contributed by atoms with Crippen LogP contribution in [0.25, 0.3) is 0 Å². The van der Waals surface area contributed by atoms with Gasteiger partial charge in [0.15, 0.2) is 5.82 Å². The van der Waals surface area contributed by atoms with Crippen molar-refractivity contribution in [3.63, 3.8) is 0 Å². The molecule has 25 heavy (non-hydrogen) atoms. The Morgan fingerprint density at radius 1 is 1.00 bits per heavy atom. The predicted octanol–water partition coefficient (Wildman–Crippen LogP) is 4.64. The van der Waals surface area contributed by atoms with Crippen LogP contribution in [-0.2, 0) is 0 Å². The summed E-state index contributed by atoms with van der Waals surface area (Å²) < 4.78 is 5.37. The van der Waals surface area contributed by atoms with Crippen molar-refractivity contribution in [2.45, 2.75) is 13.8 Å². The summed E-state index contributed by atoms with van der Waals surface area (Å²) >= 11 is 6.14. The van der Waals surface area contributed by atoms with Crippen LogP contribution >= 0.6 is 11.6 Å². The Kier molecular flexibility index (Phi) is 5.00. The summed E-state index contributed by atoms with van der Waals surface area (Å²) in [6.45, 7) is 3.94. The Morgan fingerprint density at radius 2 is 1.80 bits per heavy atom. The number of benzene rings is 2. The standard InChI is InChI=1S/C18H18ClN5O/c1-11-6-4-5-7-14(11)22-18-23-17(10-20-24-18)21-15-8-12(2)13(19)9-16(15)25-3/h4-10H,1-3H3,(H2,21,22,23,24). The second-order valence-corrected chi connectivity index (χ2v) is 5.94. The number of methoxy groups -OCH3 is 1. The fourth-order valence-corrected chi connectivity index (χ4v) is 2.47. The first kappa shape index (κ1) is 17.0. The van der Waals surface area contributed by atoms with Crippen molar-refractivity contribution in [2.24, 2.45) is 0 Å². The first-order chi connectivity index (χ1) is 12.1. The maximum atomic E-state index is 6.14. The summed E-state index contributed by atoms with van der Waals surface area (Å²) in [5.74, 6) is 1.58. The summed E-state index contributed by atoms with van der Waals surface area (Å²) in [7, 11) is 1.59. The summed E-state index contributed by atoms with van der Waals surface area (Å²) in [5.41, 5.74) is 3.72. The zero-order chi connectivity index (χ0) is 17.8. The largest absolute Gasteiger partial charge is 0.495 e. The maximum Gasteiger partial charge on any atom is 0.249 e. The smallest absolute Gasteiger partial charge is 0.249 e. The van der Waals surface area contributed by atoms with Gasteiger partial charge in [-0.25, -0.2) is 0 Å². The van der Waals surface area contributed by atoms with E-state index < -0.39 is 0 Å². The van der Waals surface area contributed by atoms with E-state index in [2.05, 4.69) is 25.8 Å². The van der Waals surface area contributed by atoms with Crippen molar-refractivity contribution in [2.75, 3.05) is 17.7 Å². The molecule has 3 rings (SSSR count). The van der Waals surface area contributed by atoms with Crippen LogP contribution in [0.5, 0.6) is 5.75 Å². The lowest BCUT2D eigenvalue weighted by Gasteiger charge is -2.13. The topological polar surface area (TPSA) is 72.0 Å². The van der Waals surface area contributed by atoms with Crippen molar-refractivity contribution < 1.29 is 4.74 Å². The molecule has 0 aliphatic rings. The van der Waals surface area contributed by atoms with Crippen molar-refractivity contribution in [1.29, 1.82) is 0 Å². The highest BCUT2D eigenvalue weighted by Crippen LogP contribution is 2.32. The van der Waals surface area contributed by atoms with Gasteiger partial charge in [0.2, 0.25) is 5.95 Å². The third kappa shape index (κ3) is 3.97. The number of anilines is 4. The van der Waals surface area contributed by atoms with Crippen LogP contribution in [0.4, 0.5) is 23.1 Å². The van der Waals surface area contributed by atoms with Crippen LogP contribution in [0.3, 0.4) is 0 Å². The van der Waals surface area contributed by atoms with Crippen molar-refractivity contribution in [3.8, 4) is 5.75 Å². The predicted molar refractivity (Wildman–Crippen MR) is 100 cm³/mol. The molecule has 1 aromatic heterocycles. The van der Waals surface area contributed by atoms with Gasteiger partial charge in [0.1, 0.15) is 5.75 Å². The summed E-state index contributed by atoms with van der Waals surface area (Å²) in [6.07, 6.45) is 1.55. The van der Waals surface area contributed by atoms with Crippen LogP contribution in [0, 0.1) is 13.8 Å². The number of rotatable bonds is 5. The molecule has 0 atom stereocenters. The third-order valence-corrected chi connectivity index (χ3v) is 4.10. The SMILES string of the molecule is COc1cc(Cl)c(C)cc1Nc1cnnc(Nc2ccccc2C)n1. The van der Waals surface area contributed by atoms with E-state index in [9.17, 15) is 0 Å². The van der Waals surface area contributed by atoms with Crippen LogP contribution in [0.2, 0.25) is 5.02 Å². The molecule has 128 valence electrons. The minimum Gasteiger partial charge on any atom is -0.495 e. The summed E-state index contributed by atoms with van der Waals surface area (Å²) in [6, 6.07) is 11.6. The molecule has 0 radical (unpaired) electrons. The lowest BCUT2D eigenvalue weighted by Crippen LogP contribution is -2.04. The van der Waals surface area contributed by atoms with E-state index in [1.807, 2.05) is 44.2 Å². The molecule has 0 aliphatic carbocycles. The van der Waals surface area contributed by atoms with E-state index in [0.717, 1.165) is 22.5 Å². The molecule has 0 amide bonds. The molecular formula is C18H18ClN5O. The molecule has 0 spiro atoms. The average Bonchev–Trinajstić information content (AvgIpc) is 2.60. The zero-order valence-corrected chi connectivity index (χ0v) is 14.9. The number of hydrogen-bond donors (Lipinski definition) is 2. The molecule has 6 nitrogen and oxygen atoms in total. The monoisotopic (exact) mass is 355 g/mol. The van der Waals surface area contributed by atoms with Gasteiger partial charge in [0.25, 0.3) is 0 Å². The van der Waals surface area contributed by atoms with Crippen molar-refractivity contribution >= 4 is 34.7 Å². The molecule has 2 N–H and O–H groups in total. The molecule has 0 bridgehead atoms. The van der Waals surface area contributed by atoms with E-state index in [4.69, 9.17) is 16.3 Å². The van der Waals surface area contributed by atoms with Gasteiger partial charge in [-0.2, -0.15) is 10.1 Å². The number of para-hydroxylation sites is 1. The molecule has 0 fully saturated rings. The molecule has 0 unspecified atom stereocenters. The first-order valence-electron chi connectivity index (χ1n) is 7.70. The van der Waals surface area contributed by atoms with Crippen LogP contribution < -0.4 is 15.4 Å². The molecule has 0 saturated heterocycles. The second kappa shape index (κ2) is 7.36. The van der Waals surface area contributed by atoms with Crippen LogP contribution in [-0.4, -0.2) is 22.3 Å². The molecule has 3 aromatic rings. The number of aryl methyl sites for hydroxylation is 2. The quantitative estimate of drug-likeness (QED) is 0.694. The van der Waals surface area contributed by atoms with E-state index in [0.29, 0.717) is 22.5 Å². The van der Waals surface area contributed by atoms with Crippen LogP contribution in [0.15, 0.2) is 42.6 Å². The summed E-state index contributed by atoms with van der Waals surface area (Å²) in [4.78, 5) is 4.45. The minimum absolute atomic E-state index is 0.406. The average molecular weight is 356 g/mol. The number of aromatic nitrogens is 3. The Hall–Kier alpha value is -2.86. The number of ether oxygens (including phenoxy) is 1. The summed E-state index contributed by atoms with van der Waals surface area (Å²) in [5, 5.41) is 15.0. The Bertz CT molecular complexity index is 900. The van der Waals surface area contributed by atoms with E-state index in [-0.39, 0.29) is 0 Å². The van der Waals surface area contributed by atoms with Gasteiger partial charge < -0.3 is 15.4 Å². The van der Waals surface area contributed by atoms with Gasteiger partial charge in [-0.1, -0.05) is 29.8 Å². The zero-order valence-electron chi connectivity index (χ0n) is 14.2. The number of halogens is 1. The number of nitrogens with one attached hydrogen (secondary N) is 2. The highest BCUT2D eigenvalue weighted by Gasteiger charge is 2.09. The fraction of sp³-hybridized carbons (Fsp3) is 0.167. The van der Waals surface area contributed by atoms with E-state index in [1.165, 1.54) is 0 Å². The molecule has 1 heterocycles. The molecule has 7 heteroatoms. The van der Waals surface area contributed by atoms with Gasteiger partial charge in [0.05, 0.1) is 19.0 Å². The molecule has 2 aromatic carbocycles. The van der Waals surface area contributed by atoms with Gasteiger partial charge in [-0.05, 0) is 37.1 Å². The fourth-order valence-electron chi connectivity index (χ4n) is 2.32. The Morgan fingerprint density at radius 3 is 2.56 bits per heavy atom. The molecule has 0 aliphatic heterocycles. The lowest BCUT2D eigenvalue weighted by molar-refractivity contribution is 0.416. The highest BCUT2D eigenvalue weighted by atomic mass is 35.5. The second-order valence-electron chi connectivity index (χ2n) is 5.53. The van der Waals surface area contributed by atoms with Crippen molar-refractivity contribution in [1.82, 2.24) is 15.2 Å². The lowest BCUT2D eigenvalue weighted by atomic mass is 10.2. The Labute approximate surface area is 151 Å². The van der Waals surface area contributed by atoms with E-state index >= 15 is 0 Å². The van der Waals surface area contributed by atoms with E-state index in [1.54, 1.807) is 19.4 Å². The van der Waals surface area contributed by atoms with Gasteiger partial charge in [0, 0.05) is 16.8 Å². The number of nitrogens with zero attached hydrogens (tertiary/aromatic N) is 3. The van der Waals surface area contributed by atoms with Gasteiger partial charge in [-0.15, -0.1) is 5.10 Å². The molecule has 0 saturated carbocycles. The molecular weight excluding hydrogens is 338 g/mol.